The van der Waals surface area contributed by atoms with E-state index in [1.807, 2.05) is 24.3 Å². The van der Waals surface area contributed by atoms with Gasteiger partial charge in [0, 0.05) is 12.5 Å². The smallest absolute Gasteiger partial charge is 0.0323 e. The van der Waals surface area contributed by atoms with Crippen LogP contribution >= 0.6 is 0 Å². The molecule has 13 heavy (non-hydrogen) atoms. The third-order valence-electron chi connectivity index (χ3n) is 2.01. The largest absolute Gasteiger partial charge is 0.0969 e. The molecule has 0 aromatic heterocycles. The van der Waals surface area contributed by atoms with E-state index < -0.39 is 0 Å². The Morgan fingerprint density at radius 1 is 0.923 bits per heavy atom. The molecule has 0 amide bonds. The van der Waals surface area contributed by atoms with Gasteiger partial charge in [0.25, 0.3) is 0 Å². The van der Waals surface area contributed by atoms with Gasteiger partial charge in [-0.2, -0.15) is 0 Å². The van der Waals surface area contributed by atoms with Crippen molar-refractivity contribution in [1.82, 2.24) is 0 Å². The molecule has 0 unspecified atom stereocenters. The number of hydrogen-bond acceptors (Lipinski definition) is 0. The van der Waals surface area contributed by atoms with Gasteiger partial charge in [-0.1, -0.05) is 48.2 Å². The maximum absolute atomic E-state index is 3.53. The molecular weight excluding hydrogens is 156 g/mol. The maximum atomic E-state index is 3.53. The first-order valence-electron chi connectivity index (χ1n) is 4.17. The molecule has 0 N–H and O–H groups in total. The minimum Gasteiger partial charge on any atom is -0.0969 e. The molecule has 2 rings (SSSR count). The lowest BCUT2D eigenvalue weighted by molar-refractivity contribution is 1.70. The van der Waals surface area contributed by atoms with Gasteiger partial charge in [-0.25, -0.2) is 0 Å². The molecule has 0 aliphatic heterocycles. The number of hydrogen-bond donors (Lipinski definition) is 0. The fourth-order valence-corrected chi connectivity index (χ4v) is 1.43. The van der Waals surface area contributed by atoms with E-state index in [2.05, 4.69) is 37.0 Å². The van der Waals surface area contributed by atoms with Crippen LogP contribution < -0.4 is 0 Å². The van der Waals surface area contributed by atoms with E-state index in [0.29, 0.717) is 0 Å². The van der Waals surface area contributed by atoms with Crippen molar-refractivity contribution in [2.45, 2.75) is 0 Å². The van der Waals surface area contributed by atoms with E-state index in [9.17, 15) is 0 Å². The summed E-state index contributed by atoms with van der Waals surface area (Å²) in [6.07, 6.45) is 0. The summed E-state index contributed by atoms with van der Waals surface area (Å²) in [5, 5.41) is 2.42. The molecule has 0 saturated carbocycles. The third kappa shape index (κ3) is 1.41. The number of benzene rings is 2. The third-order valence-corrected chi connectivity index (χ3v) is 2.01. The summed E-state index contributed by atoms with van der Waals surface area (Å²) in [6, 6.07) is 14.3. The molecule has 0 saturated heterocycles. The molecule has 0 aliphatic carbocycles. The van der Waals surface area contributed by atoms with Crippen LogP contribution in [0.25, 0.3) is 10.8 Å². The van der Waals surface area contributed by atoms with Crippen LogP contribution in [0.5, 0.6) is 0 Å². The lowest BCUT2D eigenvalue weighted by Gasteiger charge is -1.98. The summed E-state index contributed by atoms with van der Waals surface area (Å²) < 4.78 is 0. The molecule has 0 heterocycles. The van der Waals surface area contributed by atoms with Gasteiger partial charge in [0.05, 0.1) is 0 Å². The molecule has 2 aromatic carbocycles. The van der Waals surface area contributed by atoms with E-state index in [1.54, 1.807) is 0 Å². The summed E-state index contributed by atoms with van der Waals surface area (Å²) in [6.45, 7) is 3.53. The minimum atomic E-state index is 1.05. The Hall–Kier alpha value is -1.74. The van der Waals surface area contributed by atoms with Crippen LogP contribution in [-0.2, 0) is 0 Å². The van der Waals surface area contributed by atoms with Gasteiger partial charge < -0.3 is 0 Å². The van der Waals surface area contributed by atoms with Gasteiger partial charge in [0.15, 0.2) is 0 Å². The Morgan fingerprint density at radius 3 is 2.54 bits per heavy atom. The van der Waals surface area contributed by atoms with Gasteiger partial charge >= 0.3 is 0 Å². The SMILES string of the molecule is [CH2]C#Cc1cccc2ccccc12. The van der Waals surface area contributed by atoms with Crippen molar-refractivity contribution >= 4 is 10.8 Å². The highest BCUT2D eigenvalue weighted by molar-refractivity contribution is 5.88. The molecule has 0 atom stereocenters. The molecule has 0 bridgehead atoms. The van der Waals surface area contributed by atoms with Gasteiger partial charge in [0.2, 0.25) is 0 Å². The molecular formula is C13H9. The van der Waals surface area contributed by atoms with E-state index in [4.69, 9.17) is 0 Å². The predicted molar refractivity (Wildman–Crippen MR) is 56.2 cm³/mol. The monoisotopic (exact) mass is 165 g/mol. The van der Waals surface area contributed by atoms with Crippen molar-refractivity contribution in [3.8, 4) is 11.8 Å². The van der Waals surface area contributed by atoms with Crippen LogP contribution in [-0.4, -0.2) is 0 Å². The average Bonchev–Trinajstić information content (AvgIpc) is 2.19. The van der Waals surface area contributed by atoms with E-state index in [1.165, 1.54) is 10.8 Å². The summed E-state index contributed by atoms with van der Waals surface area (Å²) >= 11 is 0. The quantitative estimate of drug-likeness (QED) is 0.526. The number of rotatable bonds is 0. The van der Waals surface area contributed by atoms with Crippen molar-refractivity contribution in [3.05, 3.63) is 55.0 Å². The van der Waals surface area contributed by atoms with Crippen LogP contribution in [0.4, 0.5) is 0 Å². The Labute approximate surface area is 78.2 Å². The van der Waals surface area contributed by atoms with Gasteiger partial charge in [-0.05, 0) is 16.8 Å². The van der Waals surface area contributed by atoms with Crippen LogP contribution in [0.3, 0.4) is 0 Å². The van der Waals surface area contributed by atoms with E-state index in [-0.39, 0.29) is 0 Å². The molecule has 0 nitrogen and oxygen atoms in total. The Balaban J connectivity index is 2.80. The molecule has 2 aromatic rings. The fourth-order valence-electron chi connectivity index (χ4n) is 1.43. The molecule has 0 spiro atoms. The van der Waals surface area contributed by atoms with Gasteiger partial charge in [0.1, 0.15) is 0 Å². The Bertz CT molecular complexity index is 479. The minimum absolute atomic E-state index is 1.05. The summed E-state index contributed by atoms with van der Waals surface area (Å²) in [4.78, 5) is 0. The highest BCUT2D eigenvalue weighted by atomic mass is 14.0. The summed E-state index contributed by atoms with van der Waals surface area (Å²) in [5.41, 5.74) is 1.05. The first-order valence-corrected chi connectivity index (χ1v) is 4.17. The normalized spacial score (nSPS) is 9.31. The molecule has 61 valence electrons. The zero-order chi connectivity index (χ0) is 9.10. The number of fused-ring (bicyclic) bond motifs is 1. The zero-order valence-electron chi connectivity index (χ0n) is 7.25. The van der Waals surface area contributed by atoms with Crippen LogP contribution in [0.15, 0.2) is 42.5 Å². The Morgan fingerprint density at radius 2 is 1.69 bits per heavy atom. The zero-order valence-corrected chi connectivity index (χ0v) is 7.25. The van der Waals surface area contributed by atoms with Crippen molar-refractivity contribution < 1.29 is 0 Å². The molecule has 1 radical (unpaired) electrons. The lowest BCUT2D eigenvalue weighted by atomic mass is 10.1. The second-order valence-electron chi connectivity index (χ2n) is 2.83. The Kier molecular flexibility index (Phi) is 2.02. The summed E-state index contributed by atoms with van der Waals surface area (Å²) in [5.74, 6) is 5.67. The van der Waals surface area contributed by atoms with Crippen LogP contribution in [0, 0.1) is 18.8 Å². The first kappa shape index (κ1) is 7.89. The second kappa shape index (κ2) is 3.33. The summed E-state index contributed by atoms with van der Waals surface area (Å²) in [7, 11) is 0. The van der Waals surface area contributed by atoms with Crippen molar-refractivity contribution in [2.24, 2.45) is 0 Å². The molecule has 0 heteroatoms. The highest BCUT2D eigenvalue weighted by Crippen LogP contribution is 2.17. The van der Waals surface area contributed by atoms with Gasteiger partial charge in [-0.3, -0.25) is 0 Å². The van der Waals surface area contributed by atoms with Crippen molar-refractivity contribution in [1.29, 1.82) is 0 Å². The maximum Gasteiger partial charge on any atom is 0.0323 e. The predicted octanol–water partition coefficient (Wildman–Crippen LogP) is 3.03. The van der Waals surface area contributed by atoms with Crippen LogP contribution in [0.2, 0.25) is 0 Å². The van der Waals surface area contributed by atoms with Crippen LogP contribution in [0.1, 0.15) is 5.56 Å². The molecule has 0 aliphatic rings. The molecule has 0 fully saturated rings. The lowest BCUT2D eigenvalue weighted by Crippen LogP contribution is -1.77. The van der Waals surface area contributed by atoms with Crippen molar-refractivity contribution in [3.63, 3.8) is 0 Å². The highest BCUT2D eigenvalue weighted by Gasteiger charge is 1.94. The van der Waals surface area contributed by atoms with Crippen molar-refractivity contribution in [2.75, 3.05) is 0 Å². The average molecular weight is 165 g/mol. The second-order valence-corrected chi connectivity index (χ2v) is 2.83. The first-order chi connectivity index (χ1) is 6.42. The van der Waals surface area contributed by atoms with E-state index in [0.717, 1.165) is 5.56 Å². The fraction of sp³-hybridized carbons (Fsp3) is 0. The van der Waals surface area contributed by atoms with Gasteiger partial charge in [-0.15, -0.1) is 0 Å². The standard InChI is InChI=1S/C13H9/c1-2-6-11-8-5-9-12-7-3-4-10-13(11)12/h3-5,7-10H,1H2. The van der Waals surface area contributed by atoms with E-state index >= 15 is 0 Å². The topological polar surface area (TPSA) is 0 Å².